The van der Waals surface area contributed by atoms with Gasteiger partial charge < -0.3 is 10.6 Å². The lowest BCUT2D eigenvalue weighted by molar-refractivity contribution is 0.462. The fourth-order valence-electron chi connectivity index (χ4n) is 2.66. The van der Waals surface area contributed by atoms with Gasteiger partial charge in [-0.15, -0.1) is 0 Å². The van der Waals surface area contributed by atoms with E-state index >= 15 is 0 Å². The highest BCUT2D eigenvalue weighted by Crippen LogP contribution is 2.23. The van der Waals surface area contributed by atoms with Crippen LogP contribution in [0.4, 0.5) is 0 Å². The fourth-order valence-corrected chi connectivity index (χ4v) is 2.66. The van der Waals surface area contributed by atoms with Crippen LogP contribution in [-0.2, 0) is 6.54 Å². The van der Waals surface area contributed by atoms with Gasteiger partial charge in [-0.1, -0.05) is 38.1 Å². The fraction of sp³-hybridized carbons (Fsp3) is 0.625. The molecule has 0 amide bonds. The molecule has 2 nitrogen and oxygen atoms in total. The molecule has 1 aromatic carbocycles. The lowest BCUT2D eigenvalue weighted by Gasteiger charge is -2.19. The first kappa shape index (κ1) is 13.6. The highest BCUT2D eigenvalue weighted by atomic mass is 14.9. The smallest absolute Gasteiger partial charge is 0.0335 e. The summed E-state index contributed by atoms with van der Waals surface area (Å²) < 4.78 is 0. The Morgan fingerprint density at radius 2 is 2.17 bits per heavy atom. The Labute approximate surface area is 111 Å². The first-order valence-electron chi connectivity index (χ1n) is 7.29. The van der Waals surface area contributed by atoms with Crippen molar-refractivity contribution in [1.29, 1.82) is 0 Å². The lowest BCUT2D eigenvalue weighted by Crippen LogP contribution is -2.24. The van der Waals surface area contributed by atoms with E-state index in [9.17, 15) is 0 Å². The molecule has 0 radical (unpaired) electrons. The van der Waals surface area contributed by atoms with Crippen molar-refractivity contribution in [1.82, 2.24) is 10.6 Å². The average Bonchev–Trinajstić information content (AvgIpc) is 2.57. The molecule has 1 unspecified atom stereocenters. The molecule has 1 aromatic rings. The third kappa shape index (κ3) is 3.82. The molecule has 2 heteroatoms. The zero-order valence-corrected chi connectivity index (χ0v) is 11.7. The summed E-state index contributed by atoms with van der Waals surface area (Å²) >= 11 is 0. The van der Waals surface area contributed by atoms with Crippen LogP contribution in [0.3, 0.4) is 0 Å². The number of fused-ring (bicyclic) bond motifs is 1. The van der Waals surface area contributed by atoms with Crippen molar-refractivity contribution < 1.29 is 0 Å². The summed E-state index contributed by atoms with van der Waals surface area (Å²) in [5.74, 6) is 0.815. The second-order valence-electron chi connectivity index (χ2n) is 5.71. The molecule has 1 heterocycles. The molecular formula is C16H26N2. The normalized spacial score (nSPS) is 19.6. The van der Waals surface area contributed by atoms with E-state index < -0.39 is 0 Å². The zero-order chi connectivity index (χ0) is 12.8. The van der Waals surface area contributed by atoms with Gasteiger partial charge in [0.05, 0.1) is 0 Å². The first-order valence-corrected chi connectivity index (χ1v) is 7.29. The molecule has 0 saturated heterocycles. The van der Waals surface area contributed by atoms with Crippen LogP contribution in [0, 0.1) is 5.92 Å². The van der Waals surface area contributed by atoms with Crippen LogP contribution in [0.25, 0.3) is 0 Å². The van der Waals surface area contributed by atoms with E-state index in [0.717, 1.165) is 25.6 Å². The van der Waals surface area contributed by atoms with Crippen molar-refractivity contribution in [2.75, 3.05) is 13.1 Å². The number of hydrogen-bond donors (Lipinski definition) is 2. The molecule has 1 atom stereocenters. The Hall–Kier alpha value is -0.860. The molecule has 18 heavy (non-hydrogen) atoms. The summed E-state index contributed by atoms with van der Waals surface area (Å²) in [6.45, 7) is 7.85. The number of benzene rings is 1. The van der Waals surface area contributed by atoms with Crippen molar-refractivity contribution >= 4 is 0 Å². The number of rotatable bonds is 5. The van der Waals surface area contributed by atoms with E-state index in [1.54, 1.807) is 0 Å². The van der Waals surface area contributed by atoms with Gasteiger partial charge in [0.15, 0.2) is 0 Å². The van der Waals surface area contributed by atoms with Gasteiger partial charge in [-0.2, -0.15) is 0 Å². The van der Waals surface area contributed by atoms with Gasteiger partial charge in [0.25, 0.3) is 0 Å². The van der Waals surface area contributed by atoms with Gasteiger partial charge in [0, 0.05) is 12.6 Å². The van der Waals surface area contributed by atoms with E-state index in [2.05, 4.69) is 48.7 Å². The Morgan fingerprint density at radius 3 is 3.00 bits per heavy atom. The van der Waals surface area contributed by atoms with Gasteiger partial charge in [0.2, 0.25) is 0 Å². The van der Waals surface area contributed by atoms with Crippen molar-refractivity contribution in [3.8, 4) is 0 Å². The van der Waals surface area contributed by atoms with E-state index in [0.29, 0.717) is 6.04 Å². The van der Waals surface area contributed by atoms with Crippen LogP contribution in [-0.4, -0.2) is 13.1 Å². The molecule has 0 bridgehead atoms. The van der Waals surface area contributed by atoms with Crippen molar-refractivity contribution in [2.45, 2.75) is 45.7 Å². The second-order valence-corrected chi connectivity index (χ2v) is 5.71. The quantitative estimate of drug-likeness (QED) is 0.779. The van der Waals surface area contributed by atoms with Crippen molar-refractivity contribution in [3.63, 3.8) is 0 Å². The average molecular weight is 246 g/mol. The Morgan fingerprint density at radius 1 is 1.33 bits per heavy atom. The van der Waals surface area contributed by atoms with Crippen LogP contribution in [0.15, 0.2) is 24.3 Å². The highest BCUT2D eigenvalue weighted by molar-refractivity contribution is 5.30. The molecule has 1 aliphatic rings. The topological polar surface area (TPSA) is 24.1 Å². The Balaban J connectivity index is 1.91. The SMILES string of the molecule is CC(C)CCCNC1CCNCc2ccccc21. The van der Waals surface area contributed by atoms with Crippen LogP contribution in [0.5, 0.6) is 0 Å². The molecule has 0 saturated carbocycles. The molecule has 0 spiro atoms. The van der Waals surface area contributed by atoms with Crippen molar-refractivity contribution in [3.05, 3.63) is 35.4 Å². The molecular weight excluding hydrogens is 220 g/mol. The minimum Gasteiger partial charge on any atom is -0.313 e. The predicted octanol–water partition coefficient (Wildman–Crippen LogP) is 3.25. The van der Waals surface area contributed by atoms with E-state index in [4.69, 9.17) is 0 Å². The van der Waals surface area contributed by atoms with Gasteiger partial charge in [-0.05, 0) is 49.4 Å². The lowest BCUT2D eigenvalue weighted by atomic mass is 9.99. The monoisotopic (exact) mass is 246 g/mol. The van der Waals surface area contributed by atoms with E-state index in [1.807, 2.05) is 0 Å². The first-order chi connectivity index (χ1) is 8.77. The maximum absolute atomic E-state index is 3.73. The van der Waals surface area contributed by atoms with Crippen LogP contribution < -0.4 is 10.6 Å². The highest BCUT2D eigenvalue weighted by Gasteiger charge is 2.16. The molecule has 100 valence electrons. The number of hydrogen-bond acceptors (Lipinski definition) is 2. The summed E-state index contributed by atoms with van der Waals surface area (Å²) in [5, 5.41) is 7.24. The maximum atomic E-state index is 3.73. The summed E-state index contributed by atoms with van der Waals surface area (Å²) in [6, 6.07) is 9.36. The summed E-state index contributed by atoms with van der Waals surface area (Å²) in [4.78, 5) is 0. The van der Waals surface area contributed by atoms with Crippen LogP contribution >= 0.6 is 0 Å². The van der Waals surface area contributed by atoms with Gasteiger partial charge >= 0.3 is 0 Å². The number of nitrogens with one attached hydrogen (secondary N) is 2. The van der Waals surface area contributed by atoms with Gasteiger partial charge in [-0.25, -0.2) is 0 Å². The summed E-state index contributed by atoms with van der Waals surface area (Å²) in [6.07, 6.45) is 3.79. The van der Waals surface area contributed by atoms with E-state index in [-0.39, 0.29) is 0 Å². The van der Waals surface area contributed by atoms with E-state index in [1.165, 1.54) is 30.4 Å². The van der Waals surface area contributed by atoms with Gasteiger partial charge in [-0.3, -0.25) is 0 Å². The molecule has 0 aliphatic carbocycles. The minimum atomic E-state index is 0.531. The minimum absolute atomic E-state index is 0.531. The van der Waals surface area contributed by atoms with Crippen LogP contribution in [0.2, 0.25) is 0 Å². The molecule has 2 N–H and O–H groups in total. The maximum Gasteiger partial charge on any atom is 0.0335 e. The largest absolute Gasteiger partial charge is 0.313 e. The summed E-state index contributed by atoms with van der Waals surface area (Å²) in [7, 11) is 0. The predicted molar refractivity (Wildman–Crippen MR) is 77.6 cm³/mol. The van der Waals surface area contributed by atoms with Gasteiger partial charge in [0.1, 0.15) is 0 Å². The Bertz CT molecular complexity index is 360. The van der Waals surface area contributed by atoms with Crippen LogP contribution in [0.1, 0.15) is 50.3 Å². The molecule has 2 rings (SSSR count). The zero-order valence-electron chi connectivity index (χ0n) is 11.7. The summed E-state index contributed by atoms with van der Waals surface area (Å²) in [5.41, 5.74) is 2.95. The Kier molecular flexibility index (Phi) is 5.21. The van der Waals surface area contributed by atoms with Crippen molar-refractivity contribution in [2.24, 2.45) is 5.92 Å². The molecule has 0 aromatic heterocycles. The standard InChI is InChI=1S/C16H26N2/c1-13(2)6-5-10-18-16-9-11-17-12-14-7-3-4-8-15(14)16/h3-4,7-8,13,16-18H,5-6,9-12H2,1-2H3. The molecule has 0 fully saturated rings. The third-order valence-electron chi connectivity index (χ3n) is 3.70. The molecule has 1 aliphatic heterocycles. The third-order valence-corrected chi connectivity index (χ3v) is 3.70. The second kappa shape index (κ2) is 6.91.